The van der Waals surface area contributed by atoms with E-state index in [9.17, 15) is 0 Å². The van der Waals surface area contributed by atoms with Crippen LogP contribution in [0, 0.1) is 13.8 Å². The first kappa shape index (κ1) is 59.3. The lowest BCUT2D eigenvalue weighted by Gasteiger charge is -2.41. The molecule has 456 valence electrons. The van der Waals surface area contributed by atoms with Crippen molar-refractivity contribution in [3.05, 3.63) is 181 Å². The van der Waals surface area contributed by atoms with Gasteiger partial charge < -0.3 is 31.5 Å². The number of aromatic nitrogens is 3. The van der Waals surface area contributed by atoms with Gasteiger partial charge >= 0.3 is 0 Å². The zero-order chi connectivity index (χ0) is 58.5. The summed E-state index contributed by atoms with van der Waals surface area (Å²) in [4.78, 5) is 33.8. The van der Waals surface area contributed by atoms with Crippen LogP contribution in [-0.4, -0.2) is 169 Å². The van der Waals surface area contributed by atoms with Gasteiger partial charge in [-0.1, -0.05) is 54.6 Å². The lowest BCUT2D eigenvalue weighted by atomic mass is 9.89. The first-order valence-electron chi connectivity index (χ1n) is 33.2. The van der Waals surface area contributed by atoms with Crippen molar-refractivity contribution in [3.63, 3.8) is 0 Å². The molecule has 2 unspecified atom stereocenters. The number of likely N-dealkylation sites (N-methyl/N-ethyl adjacent to an activating group) is 2. The Kier molecular flexibility index (Phi) is 18.9. The van der Waals surface area contributed by atoms with Crippen LogP contribution in [0.3, 0.4) is 0 Å². The number of fused-ring (bicyclic) bond motifs is 5. The first-order valence-corrected chi connectivity index (χ1v) is 33.2. The van der Waals surface area contributed by atoms with Gasteiger partial charge in [-0.2, -0.15) is 0 Å². The third-order valence-electron chi connectivity index (χ3n) is 20.6. The monoisotopic (exact) mass is 1160 g/mol. The minimum atomic E-state index is 0.333. The van der Waals surface area contributed by atoms with Crippen molar-refractivity contribution in [2.24, 2.45) is 5.73 Å². The molecule has 7 aliphatic rings. The van der Waals surface area contributed by atoms with Crippen LogP contribution in [0.5, 0.6) is 0 Å². The molecule has 14 heteroatoms. The number of nitrogens with one attached hydrogen (secondary N) is 3. The Bertz CT molecular complexity index is 3270. The maximum absolute atomic E-state index is 6.05. The Hall–Kier alpha value is -5.65. The molecule has 0 bridgehead atoms. The summed E-state index contributed by atoms with van der Waals surface area (Å²) in [6, 6.07) is 32.8. The van der Waals surface area contributed by atoms with Crippen molar-refractivity contribution < 1.29 is 0 Å². The van der Waals surface area contributed by atoms with Crippen molar-refractivity contribution in [1.29, 1.82) is 0 Å². The summed E-state index contributed by atoms with van der Waals surface area (Å²) in [5.74, 6) is 0. The fourth-order valence-electron chi connectivity index (χ4n) is 16.1. The molecule has 4 fully saturated rings. The van der Waals surface area contributed by atoms with Gasteiger partial charge in [0.2, 0.25) is 0 Å². The zero-order valence-corrected chi connectivity index (χ0v) is 52.4. The molecule has 0 amide bonds. The molecule has 7 aliphatic heterocycles. The summed E-state index contributed by atoms with van der Waals surface area (Å²) in [6.45, 7) is 23.6. The topological polar surface area (TPSA) is 123 Å². The highest BCUT2D eigenvalue weighted by Gasteiger charge is 2.36. The SMILES string of the molecule is Cc1cnc(CN(C)C[C@H]2Cc3c(cc(Cc4cccnc4CN(CCCCN)C[C@H]4Cc5ccccc5CN4)cc3N3CCN4CCCC4C3)CN2)c(Cc2cc3c(c(N4CCN5CCCC5C4)c2)C[C@H](CN(C)Cc2ncccc2C)NC3)c1. The van der Waals surface area contributed by atoms with Crippen LogP contribution in [0.1, 0.15) is 122 Å². The maximum atomic E-state index is 6.05. The van der Waals surface area contributed by atoms with Crippen LogP contribution in [0.4, 0.5) is 11.4 Å². The number of benzene rings is 3. The van der Waals surface area contributed by atoms with Gasteiger partial charge in [0, 0.05) is 158 Å². The molecule has 0 radical (unpaired) electrons. The second kappa shape index (κ2) is 27.4. The predicted octanol–water partition coefficient (Wildman–Crippen LogP) is 7.79. The summed E-state index contributed by atoms with van der Waals surface area (Å²) in [6.07, 6.45) is 18.3. The number of unbranched alkanes of at least 4 members (excludes halogenated alkanes) is 1. The van der Waals surface area contributed by atoms with E-state index in [1.165, 1.54) is 123 Å². The van der Waals surface area contributed by atoms with Gasteiger partial charge in [0.15, 0.2) is 0 Å². The fourth-order valence-corrected chi connectivity index (χ4v) is 16.1. The van der Waals surface area contributed by atoms with Gasteiger partial charge in [-0.05, 0) is 216 Å². The lowest BCUT2D eigenvalue weighted by Crippen LogP contribution is -2.51. The Balaban J connectivity index is 0.709. The number of pyridine rings is 3. The van der Waals surface area contributed by atoms with Crippen LogP contribution < -0.4 is 31.5 Å². The third kappa shape index (κ3) is 14.1. The summed E-state index contributed by atoms with van der Waals surface area (Å²) < 4.78 is 0. The molecule has 13 rings (SSSR count). The molecular formula is C72H98N14. The lowest BCUT2D eigenvalue weighted by molar-refractivity contribution is 0.222. The minimum Gasteiger partial charge on any atom is -0.368 e. The highest BCUT2D eigenvalue weighted by molar-refractivity contribution is 5.63. The molecule has 3 aromatic carbocycles. The second-order valence-corrected chi connectivity index (χ2v) is 27.1. The van der Waals surface area contributed by atoms with Gasteiger partial charge in [0.05, 0.1) is 17.1 Å². The number of nitrogens with two attached hydrogens (primary N) is 1. The number of hydrogen-bond donors (Lipinski definition) is 4. The van der Waals surface area contributed by atoms with Crippen molar-refractivity contribution in [2.75, 3.05) is 109 Å². The van der Waals surface area contributed by atoms with E-state index in [1.54, 1.807) is 11.1 Å². The molecule has 5 atom stereocenters. The molecule has 3 aromatic heterocycles. The molecule has 10 heterocycles. The van der Waals surface area contributed by atoms with E-state index in [-0.39, 0.29) is 0 Å². The van der Waals surface area contributed by atoms with E-state index >= 15 is 0 Å². The van der Waals surface area contributed by atoms with E-state index in [2.05, 4.69) is 157 Å². The Morgan fingerprint density at radius 3 is 1.76 bits per heavy atom. The van der Waals surface area contributed by atoms with E-state index < -0.39 is 0 Å². The number of rotatable bonds is 22. The molecule has 14 nitrogen and oxygen atoms in total. The maximum Gasteiger partial charge on any atom is 0.0579 e. The van der Waals surface area contributed by atoms with Gasteiger partial charge in [-0.15, -0.1) is 0 Å². The Morgan fingerprint density at radius 2 is 1.12 bits per heavy atom. The van der Waals surface area contributed by atoms with Gasteiger partial charge in [-0.3, -0.25) is 39.5 Å². The van der Waals surface area contributed by atoms with Gasteiger partial charge in [0.25, 0.3) is 0 Å². The van der Waals surface area contributed by atoms with E-state index in [4.69, 9.17) is 20.7 Å². The number of aryl methyl sites for hydroxylation is 2. The normalized spacial score (nSPS) is 22.3. The van der Waals surface area contributed by atoms with Crippen molar-refractivity contribution in [3.8, 4) is 0 Å². The fraction of sp³-hybridized carbons (Fsp3) is 0.542. The van der Waals surface area contributed by atoms with Crippen LogP contribution in [-0.2, 0) is 71.4 Å². The standard InChI is InChI=1S/C72H98N14/c1-51-29-58(31-54-33-60-42-77-62(43-80(3)48-68-52(2)13-9-20-74-68)37-67(60)72(35-54)86-28-26-84-24-12-18-65(84)47-86)69(79-39-51)49-81(4)44-63-38-66-59(41-78-63)32-53(34-71(66)85-27-25-83-23-11-17-64(83)46-85)30-56-16-10-21-75-70(56)50-82(22-8-7-19-73)45-61-36-55-14-5-6-15-57(55)40-76-61/h5-6,9-10,13-16,20-21,29,32-35,39,61-65,76-78H,7-8,11-12,17-19,22-28,30-31,36-38,40-50,73H2,1-4H3/t61-,62-,63-,64?,65?/m1/s1. The van der Waals surface area contributed by atoms with Crippen LogP contribution in [0.2, 0.25) is 0 Å². The highest BCUT2D eigenvalue weighted by atomic mass is 15.3. The van der Waals surface area contributed by atoms with Crippen molar-refractivity contribution in [1.82, 2.24) is 55.4 Å². The molecule has 0 aliphatic carbocycles. The van der Waals surface area contributed by atoms with Crippen LogP contribution >= 0.6 is 0 Å². The highest BCUT2D eigenvalue weighted by Crippen LogP contribution is 2.37. The van der Waals surface area contributed by atoms with Gasteiger partial charge in [-0.25, -0.2) is 0 Å². The van der Waals surface area contributed by atoms with E-state index in [1.807, 2.05) is 18.5 Å². The van der Waals surface area contributed by atoms with E-state index in [0.717, 1.165) is 156 Å². The molecule has 0 spiro atoms. The second-order valence-electron chi connectivity index (χ2n) is 27.1. The van der Waals surface area contributed by atoms with E-state index in [0.29, 0.717) is 30.2 Å². The summed E-state index contributed by atoms with van der Waals surface area (Å²) in [7, 11) is 4.57. The molecule has 86 heavy (non-hydrogen) atoms. The van der Waals surface area contributed by atoms with Crippen molar-refractivity contribution >= 4 is 11.4 Å². The number of nitrogens with zero attached hydrogens (tertiary/aromatic N) is 10. The zero-order valence-electron chi connectivity index (χ0n) is 52.4. The predicted molar refractivity (Wildman–Crippen MR) is 350 cm³/mol. The quantitative estimate of drug-likeness (QED) is 0.0495. The van der Waals surface area contributed by atoms with Crippen molar-refractivity contribution in [2.45, 2.75) is 154 Å². The molecule has 0 saturated carbocycles. The Labute approximate surface area is 514 Å². The van der Waals surface area contributed by atoms with Crippen LogP contribution in [0.25, 0.3) is 0 Å². The molecule has 5 N–H and O–H groups in total. The molecular weight excluding hydrogens is 1060 g/mol. The average molecular weight is 1160 g/mol. The minimum absolute atomic E-state index is 0.333. The molecule has 6 aromatic rings. The number of anilines is 2. The summed E-state index contributed by atoms with van der Waals surface area (Å²) in [5.41, 5.74) is 29.5. The van der Waals surface area contributed by atoms with Crippen LogP contribution in [0.15, 0.2) is 97.5 Å². The first-order chi connectivity index (χ1) is 42.1. The number of hydrogen-bond acceptors (Lipinski definition) is 14. The average Bonchev–Trinajstić information content (AvgIpc) is 1.93. The van der Waals surface area contributed by atoms with Gasteiger partial charge in [0.1, 0.15) is 0 Å². The number of piperazine rings is 2. The third-order valence-corrected chi connectivity index (χ3v) is 20.6. The smallest absolute Gasteiger partial charge is 0.0579 e. The molecule has 4 saturated heterocycles. The summed E-state index contributed by atoms with van der Waals surface area (Å²) in [5, 5.41) is 12.0. The Morgan fingerprint density at radius 1 is 0.547 bits per heavy atom. The summed E-state index contributed by atoms with van der Waals surface area (Å²) >= 11 is 0. The largest absolute Gasteiger partial charge is 0.368 e.